The summed E-state index contributed by atoms with van der Waals surface area (Å²) in [6.45, 7) is 6.72. The Morgan fingerprint density at radius 3 is 2.65 bits per heavy atom. The van der Waals surface area contributed by atoms with Gasteiger partial charge in [0, 0.05) is 37.4 Å². The number of ketones is 1. The van der Waals surface area contributed by atoms with E-state index in [4.69, 9.17) is 18.9 Å². The van der Waals surface area contributed by atoms with Crippen molar-refractivity contribution in [1.82, 2.24) is 4.90 Å². The molecule has 0 radical (unpaired) electrons. The lowest BCUT2D eigenvalue weighted by Crippen LogP contribution is -2.43. The molecule has 3 atom stereocenters. The first kappa shape index (κ1) is 34.8. The number of nitrogens with zero attached hydrogens (tertiary/aromatic N) is 1. The topological polar surface area (TPSA) is 129 Å². The molecule has 1 amide bonds. The molecule has 10 heteroatoms. The minimum absolute atomic E-state index is 0.0126. The number of Topliss-reactive ketones (excluding diaryl/α,β-unsaturated/α-hetero) is 1. The second-order valence-electron chi connectivity index (χ2n) is 12.5. The van der Waals surface area contributed by atoms with Gasteiger partial charge in [-0.25, -0.2) is 4.79 Å². The van der Waals surface area contributed by atoms with Gasteiger partial charge in [-0.2, -0.15) is 0 Å². The predicted molar refractivity (Wildman–Crippen MR) is 172 cm³/mol. The van der Waals surface area contributed by atoms with Crippen LogP contribution in [0.25, 0.3) is 0 Å². The van der Waals surface area contributed by atoms with Gasteiger partial charge in [0.1, 0.15) is 40.9 Å². The van der Waals surface area contributed by atoms with Crippen LogP contribution in [-0.4, -0.2) is 72.5 Å². The third kappa shape index (κ3) is 8.39. The zero-order chi connectivity index (χ0) is 33.3. The smallest absolute Gasteiger partial charge is 0.328 e. The number of amides is 1. The molecule has 0 bridgehead atoms. The second-order valence-corrected chi connectivity index (χ2v) is 12.5. The number of hydrogen-bond donors (Lipinski definition) is 1. The lowest BCUT2D eigenvalue weighted by Gasteiger charge is -2.40. The Morgan fingerprint density at radius 1 is 1.15 bits per heavy atom. The van der Waals surface area contributed by atoms with Crippen LogP contribution in [0.15, 0.2) is 30.3 Å². The van der Waals surface area contributed by atoms with E-state index >= 15 is 0 Å². The standard InChI is InChI=1S/C36H47NO9/c1-5-9-29-31(15-14-27(24(2)39)34(29)41)45-21-8-20-44-26-12-13-28-25(10-7-19-38)23-36(3,46-32(28)22-26)17-16-33(40)37-18-6-11-30(37)35(42)43-4/h12-15,19,22,25,30,41H,5-11,16-18,20-21,23H2,1-4H3/t25?,30-,36?/m0/s1. The Balaban J connectivity index is 1.37. The van der Waals surface area contributed by atoms with E-state index in [-0.39, 0.29) is 35.7 Å². The van der Waals surface area contributed by atoms with Crippen LogP contribution < -0.4 is 14.2 Å². The van der Waals surface area contributed by atoms with Gasteiger partial charge in [0.05, 0.1) is 25.9 Å². The number of phenolic OH excluding ortho intramolecular Hbond substituents is 1. The van der Waals surface area contributed by atoms with E-state index in [9.17, 15) is 24.3 Å². The lowest BCUT2D eigenvalue weighted by atomic mass is 9.79. The fourth-order valence-electron chi connectivity index (χ4n) is 6.57. The largest absolute Gasteiger partial charge is 0.507 e. The third-order valence-electron chi connectivity index (χ3n) is 8.94. The summed E-state index contributed by atoms with van der Waals surface area (Å²) in [5.74, 6) is 1.32. The third-order valence-corrected chi connectivity index (χ3v) is 8.94. The molecule has 2 aromatic rings. The number of likely N-dealkylation sites (tertiary alicyclic amines) is 1. The summed E-state index contributed by atoms with van der Waals surface area (Å²) in [6, 6.07) is 8.56. The molecule has 0 aromatic heterocycles. The molecule has 2 unspecified atom stereocenters. The highest BCUT2D eigenvalue weighted by Crippen LogP contribution is 2.46. The van der Waals surface area contributed by atoms with Crippen molar-refractivity contribution in [2.45, 2.75) is 103 Å². The Kier molecular flexibility index (Phi) is 12.1. The van der Waals surface area contributed by atoms with Gasteiger partial charge < -0.3 is 33.7 Å². The van der Waals surface area contributed by atoms with Crippen molar-refractivity contribution in [3.05, 3.63) is 47.0 Å². The Bertz CT molecular complexity index is 1410. The average Bonchev–Trinajstić information content (AvgIpc) is 3.53. The van der Waals surface area contributed by atoms with E-state index in [1.165, 1.54) is 14.0 Å². The van der Waals surface area contributed by atoms with Crippen LogP contribution in [0.3, 0.4) is 0 Å². The Morgan fingerprint density at radius 2 is 1.93 bits per heavy atom. The van der Waals surface area contributed by atoms with Crippen molar-refractivity contribution in [1.29, 1.82) is 0 Å². The molecular weight excluding hydrogens is 590 g/mol. The summed E-state index contributed by atoms with van der Waals surface area (Å²) in [5.41, 5.74) is 1.32. The number of esters is 1. The summed E-state index contributed by atoms with van der Waals surface area (Å²) in [7, 11) is 1.34. The highest BCUT2D eigenvalue weighted by Gasteiger charge is 2.40. The second kappa shape index (κ2) is 16.0. The first-order chi connectivity index (χ1) is 22.1. The van der Waals surface area contributed by atoms with Crippen molar-refractivity contribution in [3.63, 3.8) is 0 Å². The molecule has 1 fully saturated rings. The molecule has 1 N–H and O–H groups in total. The molecule has 2 heterocycles. The number of aromatic hydroxyl groups is 1. The maximum absolute atomic E-state index is 13.1. The molecule has 250 valence electrons. The van der Waals surface area contributed by atoms with Crippen molar-refractivity contribution in [2.75, 3.05) is 26.9 Å². The van der Waals surface area contributed by atoms with Crippen LogP contribution in [0.5, 0.6) is 23.0 Å². The number of benzene rings is 2. The zero-order valence-electron chi connectivity index (χ0n) is 27.5. The molecule has 1 saturated heterocycles. The molecular formula is C36H47NO9. The molecule has 2 aliphatic heterocycles. The fourth-order valence-corrected chi connectivity index (χ4v) is 6.57. The molecule has 2 aromatic carbocycles. The maximum atomic E-state index is 13.1. The number of hydrogen-bond acceptors (Lipinski definition) is 9. The van der Waals surface area contributed by atoms with Gasteiger partial charge in [-0.05, 0) is 82.1 Å². The van der Waals surface area contributed by atoms with Crippen LogP contribution >= 0.6 is 0 Å². The SMILES string of the molecule is CCCc1c(OCCCOc2ccc3c(c2)OC(C)(CCC(=O)N2CCC[C@H]2C(=O)OC)CC3CCC=O)ccc(C(C)=O)c1O. The summed E-state index contributed by atoms with van der Waals surface area (Å²) in [4.78, 5) is 50.0. The number of carbonyl (C=O) groups is 4. The minimum Gasteiger partial charge on any atom is -0.507 e. The Labute approximate surface area is 271 Å². The van der Waals surface area contributed by atoms with Crippen molar-refractivity contribution in [3.8, 4) is 23.0 Å². The van der Waals surface area contributed by atoms with Crippen molar-refractivity contribution >= 4 is 23.9 Å². The van der Waals surface area contributed by atoms with Crippen molar-refractivity contribution < 1.29 is 43.2 Å². The highest BCUT2D eigenvalue weighted by atomic mass is 16.5. The number of phenols is 1. The molecule has 0 spiro atoms. The van der Waals surface area contributed by atoms with E-state index in [1.807, 2.05) is 32.0 Å². The van der Waals surface area contributed by atoms with Gasteiger partial charge in [0.2, 0.25) is 5.91 Å². The number of aldehydes is 1. The number of carbonyl (C=O) groups excluding carboxylic acids is 4. The van der Waals surface area contributed by atoms with E-state index in [0.717, 1.165) is 24.7 Å². The van der Waals surface area contributed by atoms with Crippen LogP contribution in [0.4, 0.5) is 0 Å². The zero-order valence-corrected chi connectivity index (χ0v) is 27.5. The van der Waals surface area contributed by atoms with E-state index in [0.29, 0.717) is 93.1 Å². The molecule has 0 saturated carbocycles. The van der Waals surface area contributed by atoms with Crippen LogP contribution in [0.2, 0.25) is 0 Å². The first-order valence-corrected chi connectivity index (χ1v) is 16.4. The number of methoxy groups -OCH3 is 1. The van der Waals surface area contributed by atoms with Crippen LogP contribution in [0, 0.1) is 0 Å². The quantitative estimate of drug-likeness (QED) is 0.103. The average molecular weight is 638 g/mol. The number of rotatable bonds is 16. The monoisotopic (exact) mass is 637 g/mol. The van der Waals surface area contributed by atoms with Gasteiger partial charge in [0.25, 0.3) is 0 Å². The van der Waals surface area contributed by atoms with Gasteiger partial charge in [-0.3, -0.25) is 9.59 Å². The van der Waals surface area contributed by atoms with Crippen LogP contribution in [-0.2, 0) is 25.5 Å². The number of fused-ring (bicyclic) bond motifs is 1. The molecule has 2 aliphatic rings. The highest BCUT2D eigenvalue weighted by molar-refractivity contribution is 5.97. The van der Waals surface area contributed by atoms with Gasteiger partial charge in [0.15, 0.2) is 5.78 Å². The van der Waals surface area contributed by atoms with Gasteiger partial charge >= 0.3 is 5.97 Å². The van der Waals surface area contributed by atoms with Crippen LogP contribution in [0.1, 0.15) is 106 Å². The van der Waals surface area contributed by atoms with E-state index in [1.54, 1.807) is 17.0 Å². The normalized spacial score (nSPS) is 20.4. The van der Waals surface area contributed by atoms with Gasteiger partial charge in [-0.15, -0.1) is 0 Å². The molecule has 46 heavy (non-hydrogen) atoms. The number of ether oxygens (including phenoxy) is 4. The maximum Gasteiger partial charge on any atom is 0.328 e. The first-order valence-electron chi connectivity index (χ1n) is 16.4. The van der Waals surface area contributed by atoms with E-state index in [2.05, 4.69) is 0 Å². The molecule has 0 aliphatic carbocycles. The van der Waals surface area contributed by atoms with E-state index < -0.39 is 11.6 Å². The summed E-state index contributed by atoms with van der Waals surface area (Å²) >= 11 is 0. The summed E-state index contributed by atoms with van der Waals surface area (Å²) < 4.78 is 23.4. The lowest BCUT2D eigenvalue weighted by molar-refractivity contribution is -0.151. The molecule has 4 rings (SSSR count). The molecule has 10 nitrogen and oxygen atoms in total. The van der Waals surface area contributed by atoms with Gasteiger partial charge in [-0.1, -0.05) is 19.4 Å². The summed E-state index contributed by atoms with van der Waals surface area (Å²) in [5, 5.41) is 10.6. The van der Waals surface area contributed by atoms with Crippen molar-refractivity contribution in [2.24, 2.45) is 0 Å². The predicted octanol–water partition coefficient (Wildman–Crippen LogP) is 5.94. The fraction of sp³-hybridized carbons (Fsp3) is 0.556. The minimum atomic E-state index is -0.636. The summed E-state index contributed by atoms with van der Waals surface area (Å²) in [6.07, 6.45) is 6.79. The Hall–Kier alpha value is -4.08.